The highest BCUT2D eigenvalue weighted by molar-refractivity contribution is 6.84. The fourth-order valence-corrected chi connectivity index (χ4v) is 2.60. The molecule has 0 aliphatic carbocycles. The third-order valence-electron chi connectivity index (χ3n) is 3.94. The molecule has 0 N–H and O–H groups in total. The quantitative estimate of drug-likeness (QED) is 0.578. The van der Waals surface area contributed by atoms with E-state index < -0.39 is 32.8 Å². The van der Waals surface area contributed by atoms with E-state index >= 15 is 0 Å². The molecule has 4 nitrogen and oxygen atoms in total. The van der Waals surface area contributed by atoms with Gasteiger partial charge in [-0.2, -0.15) is 13.2 Å². The highest BCUT2D eigenvalue weighted by atomic mass is 28.3. The third-order valence-corrected chi connectivity index (χ3v) is 8.88. The molecule has 1 aliphatic rings. The molecule has 1 heterocycles. The lowest BCUT2D eigenvalue weighted by Gasteiger charge is -2.34. The zero-order chi connectivity index (χ0) is 16.5. The van der Waals surface area contributed by atoms with E-state index in [0.717, 1.165) is 0 Å². The van der Waals surface area contributed by atoms with Gasteiger partial charge in [-0.1, -0.05) is 45.6 Å². The fraction of sp³-hybridized carbons (Fsp3) is 0.769. The number of hydrogen-bond donors (Lipinski definition) is 0. The lowest BCUT2D eigenvalue weighted by atomic mass is 10.2. The maximum absolute atomic E-state index is 12.9. The highest BCUT2D eigenvalue weighted by Gasteiger charge is 2.64. The first kappa shape index (κ1) is 18.0. The molecule has 0 aromatic heterocycles. The van der Waals surface area contributed by atoms with Gasteiger partial charge >= 0.3 is 18.1 Å². The van der Waals surface area contributed by atoms with Gasteiger partial charge < -0.3 is 14.2 Å². The lowest BCUT2D eigenvalue weighted by molar-refractivity contribution is -0.346. The molecule has 8 heteroatoms. The smallest absolute Gasteiger partial charge is 0.427 e. The zero-order valence-corrected chi connectivity index (χ0v) is 13.8. The van der Waals surface area contributed by atoms with E-state index in [1.165, 1.54) is 0 Å². The molecule has 0 aromatic rings. The van der Waals surface area contributed by atoms with Crippen LogP contribution >= 0.6 is 0 Å². The Balaban J connectivity index is 2.71. The van der Waals surface area contributed by atoms with Crippen molar-refractivity contribution in [3.05, 3.63) is 11.8 Å². The van der Waals surface area contributed by atoms with Gasteiger partial charge in [0.15, 0.2) is 6.61 Å². The summed E-state index contributed by atoms with van der Waals surface area (Å²) >= 11 is 0. The van der Waals surface area contributed by atoms with Crippen molar-refractivity contribution in [2.45, 2.75) is 50.9 Å². The zero-order valence-electron chi connectivity index (χ0n) is 12.8. The SMILES string of the molecule is CC(C)(C)[Si](C)(C)/C=C/COC1(C(F)(F)F)COC(=O)O1. The van der Waals surface area contributed by atoms with E-state index in [2.05, 4.69) is 43.3 Å². The second kappa shape index (κ2) is 5.64. The number of ether oxygens (including phenoxy) is 3. The van der Waals surface area contributed by atoms with Gasteiger partial charge in [-0.15, -0.1) is 0 Å². The van der Waals surface area contributed by atoms with E-state index in [0.29, 0.717) is 0 Å². The first-order chi connectivity index (χ1) is 9.31. The molecule has 1 aliphatic heterocycles. The van der Waals surface area contributed by atoms with E-state index in [1.807, 2.05) is 5.70 Å². The van der Waals surface area contributed by atoms with Gasteiger partial charge in [-0.25, -0.2) is 4.79 Å². The lowest BCUT2D eigenvalue weighted by Crippen LogP contribution is -2.50. The molecule has 0 radical (unpaired) electrons. The molecule has 1 atom stereocenters. The predicted octanol–water partition coefficient (Wildman–Crippen LogP) is 4.03. The van der Waals surface area contributed by atoms with Crippen molar-refractivity contribution in [2.24, 2.45) is 0 Å². The van der Waals surface area contributed by atoms with Crippen LogP contribution in [0.15, 0.2) is 11.8 Å². The Kier molecular flexibility index (Phi) is 4.84. The molecule has 1 rings (SSSR count). The monoisotopic (exact) mass is 326 g/mol. The Morgan fingerprint density at radius 3 is 2.29 bits per heavy atom. The van der Waals surface area contributed by atoms with Crippen molar-refractivity contribution in [1.82, 2.24) is 0 Å². The summed E-state index contributed by atoms with van der Waals surface area (Å²) in [5, 5.41) is 0.0775. The van der Waals surface area contributed by atoms with Crippen LogP contribution in [0.5, 0.6) is 0 Å². The molecule has 0 bridgehead atoms. The van der Waals surface area contributed by atoms with Crippen LogP contribution in [-0.2, 0) is 14.2 Å². The predicted molar refractivity (Wildman–Crippen MR) is 73.5 cm³/mol. The van der Waals surface area contributed by atoms with Crippen LogP contribution in [0.25, 0.3) is 0 Å². The van der Waals surface area contributed by atoms with Crippen LogP contribution in [0, 0.1) is 0 Å². The summed E-state index contributed by atoms with van der Waals surface area (Å²) in [6.07, 6.45) is -4.66. The first-order valence-electron chi connectivity index (χ1n) is 6.55. The Morgan fingerprint density at radius 2 is 1.90 bits per heavy atom. The minimum Gasteiger partial charge on any atom is -0.427 e. The van der Waals surface area contributed by atoms with E-state index in [-0.39, 0.29) is 11.6 Å². The van der Waals surface area contributed by atoms with Crippen LogP contribution in [0.1, 0.15) is 20.8 Å². The van der Waals surface area contributed by atoms with Gasteiger partial charge in [0.25, 0.3) is 0 Å². The Hall–Kier alpha value is -1.02. The van der Waals surface area contributed by atoms with Crippen LogP contribution in [0.2, 0.25) is 18.1 Å². The summed E-state index contributed by atoms with van der Waals surface area (Å²) in [5.41, 5.74) is 1.93. The van der Waals surface area contributed by atoms with Crippen LogP contribution < -0.4 is 0 Å². The summed E-state index contributed by atoms with van der Waals surface area (Å²) in [7, 11) is -1.75. The molecular weight excluding hydrogens is 305 g/mol. The van der Waals surface area contributed by atoms with Gasteiger partial charge in [0.1, 0.15) is 0 Å². The molecule has 0 amide bonds. The number of rotatable bonds is 4. The maximum atomic E-state index is 12.9. The number of alkyl halides is 3. The topological polar surface area (TPSA) is 44.8 Å². The first-order valence-corrected chi connectivity index (χ1v) is 9.63. The third kappa shape index (κ3) is 4.00. The summed E-state index contributed by atoms with van der Waals surface area (Å²) in [6, 6.07) is 0. The van der Waals surface area contributed by atoms with E-state index in [9.17, 15) is 18.0 Å². The molecule has 1 saturated heterocycles. The summed E-state index contributed by atoms with van der Waals surface area (Å²) in [5.74, 6) is -3.00. The van der Waals surface area contributed by atoms with E-state index in [4.69, 9.17) is 4.74 Å². The molecular formula is C13H21F3O4Si. The van der Waals surface area contributed by atoms with Crippen molar-refractivity contribution < 1.29 is 32.2 Å². The molecule has 0 spiro atoms. The van der Waals surface area contributed by atoms with E-state index in [1.54, 1.807) is 6.08 Å². The maximum Gasteiger partial charge on any atom is 0.511 e. The molecule has 1 unspecified atom stereocenters. The Bertz CT molecular complexity index is 426. The van der Waals surface area contributed by atoms with Gasteiger partial charge in [-0.3, -0.25) is 0 Å². The summed E-state index contributed by atoms with van der Waals surface area (Å²) in [4.78, 5) is 10.8. The van der Waals surface area contributed by atoms with Crippen LogP contribution in [0.3, 0.4) is 0 Å². The van der Waals surface area contributed by atoms with Crippen molar-refractivity contribution in [2.75, 3.05) is 13.2 Å². The molecule has 0 aromatic carbocycles. The van der Waals surface area contributed by atoms with Crippen molar-refractivity contribution in [1.29, 1.82) is 0 Å². The second-order valence-electron chi connectivity index (χ2n) is 6.58. The molecule has 21 heavy (non-hydrogen) atoms. The minimum absolute atomic E-state index is 0.0775. The average molecular weight is 326 g/mol. The standard InChI is InChI=1S/C13H21F3O4Si/c1-11(2,3)21(4,5)8-6-7-19-12(13(14,15)16)9-18-10(17)20-12/h6,8H,7,9H2,1-5H3/b8-6+. The number of halogens is 3. The van der Waals surface area contributed by atoms with Gasteiger partial charge in [0.2, 0.25) is 0 Å². The Labute approximate surface area is 123 Å². The second-order valence-corrected chi connectivity index (χ2v) is 11.9. The Morgan fingerprint density at radius 1 is 1.33 bits per heavy atom. The van der Waals surface area contributed by atoms with Crippen molar-refractivity contribution >= 4 is 14.2 Å². The van der Waals surface area contributed by atoms with Crippen molar-refractivity contribution in [3.8, 4) is 0 Å². The van der Waals surface area contributed by atoms with Gasteiger partial charge in [-0.05, 0) is 5.04 Å². The molecule has 0 saturated carbocycles. The normalized spacial score (nSPS) is 24.3. The van der Waals surface area contributed by atoms with Crippen LogP contribution in [0.4, 0.5) is 18.0 Å². The fourth-order valence-electron chi connectivity index (χ4n) is 1.42. The van der Waals surface area contributed by atoms with Crippen molar-refractivity contribution in [3.63, 3.8) is 0 Å². The summed E-state index contributed by atoms with van der Waals surface area (Å²) < 4.78 is 52.0. The molecule has 1 fully saturated rings. The molecule has 122 valence electrons. The van der Waals surface area contributed by atoms with Gasteiger partial charge in [0, 0.05) is 0 Å². The number of cyclic esters (lactones) is 2. The van der Waals surface area contributed by atoms with Gasteiger partial charge in [0.05, 0.1) is 14.7 Å². The number of hydrogen-bond acceptors (Lipinski definition) is 4. The van der Waals surface area contributed by atoms with Crippen LogP contribution in [-0.4, -0.2) is 39.4 Å². The largest absolute Gasteiger partial charge is 0.511 e. The number of carbonyl (C=O) groups excluding carboxylic acids is 1. The highest BCUT2D eigenvalue weighted by Crippen LogP contribution is 2.39. The average Bonchev–Trinajstić information content (AvgIpc) is 2.65. The summed E-state index contributed by atoms with van der Waals surface area (Å²) in [6.45, 7) is 9.21. The number of carbonyl (C=O) groups is 1. The minimum atomic E-state index is -4.84.